The third kappa shape index (κ3) is 6.34. The third-order valence-electron chi connectivity index (χ3n) is 3.18. The van der Waals surface area contributed by atoms with Gasteiger partial charge in [0.25, 0.3) is 0 Å². The van der Waals surface area contributed by atoms with Gasteiger partial charge in [-0.3, -0.25) is 9.59 Å². The van der Waals surface area contributed by atoms with E-state index in [9.17, 15) is 14.4 Å². The van der Waals surface area contributed by atoms with Crippen LogP contribution in [0.1, 0.15) is 18.9 Å². The van der Waals surface area contributed by atoms with Gasteiger partial charge < -0.3 is 15.4 Å². The molecule has 2 atom stereocenters. The van der Waals surface area contributed by atoms with E-state index >= 15 is 0 Å². The summed E-state index contributed by atoms with van der Waals surface area (Å²) in [5.74, 6) is -1.32. The molecule has 6 nitrogen and oxygen atoms in total. The Hall–Kier alpha value is -2.63. The van der Waals surface area contributed by atoms with Crippen molar-refractivity contribution in [3.63, 3.8) is 0 Å². The van der Waals surface area contributed by atoms with Crippen molar-refractivity contribution in [2.45, 2.75) is 31.8 Å². The predicted molar refractivity (Wildman–Crippen MR) is 86.5 cm³/mol. The lowest BCUT2D eigenvalue weighted by Gasteiger charge is -2.21. The predicted octanol–water partition coefficient (Wildman–Crippen LogP) is 0.968. The molecule has 2 amide bonds. The normalized spacial score (nSPS) is 12.6. The van der Waals surface area contributed by atoms with Crippen molar-refractivity contribution in [3.8, 4) is 0 Å². The van der Waals surface area contributed by atoms with Gasteiger partial charge in [0, 0.05) is 13.3 Å². The van der Waals surface area contributed by atoms with Crippen LogP contribution in [0.4, 0.5) is 0 Å². The number of methoxy groups -OCH3 is 1. The van der Waals surface area contributed by atoms with Gasteiger partial charge in [-0.25, -0.2) is 4.79 Å². The molecule has 0 heterocycles. The fraction of sp³-hybridized carbons (Fsp3) is 0.353. The van der Waals surface area contributed by atoms with Gasteiger partial charge in [-0.1, -0.05) is 36.4 Å². The van der Waals surface area contributed by atoms with Crippen LogP contribution in [0, 0.1) is 0 Å². The standard InChI is InChI=1S/C17H22N2O4/c1-4-8-14(17(22)23-3)19-16(21)15(18-12(2)20)11-13-9-6-5-7-10-13/h4-7,9-10,14-15H,1,8,11H2,2-3H3,(H,18,20)(H,19,21)/t14-,15-/m0/s1. The number of esters is 1. The molecule has 6 heteroatoms. The highest BCUT2D eigenvalue weighted by Gasteiger charge is 2.26. The summed E-state index contributed by atoms with van der Waals surface area (Å²) in [5, 5.41) is 5.20. The van der Waals surface area contributed by atoms with E-state index < -0.39 is 24.0 Å². The van der Waals surface area contributed by atoms with Crippen LogP contribution >= 0.6 is 0 Å². The number of ether oxygens (including phenoxy) is 1. The second kappa shape index (κ2) is 9.40. The second-order valence-corrected chi connectivity index (χ2v) is 5.05. The Morgan fingerprint density at radius 1 is 1.17 bits per heavy atom. The zero-order chi connectivity index (χ0) is 17.2. The van der Waals surface area contributed by atoms with Crippen LogP contribution in [-0.2, 0) is 25.5 Å². The summed E-state index contributed by atoms with van der Waals surface area (Å²) in [7, 11) is 1.25. The van der Waals surface area contributed by atoms with Crippen LogP contribution in [0.5, 0.6) is 0 Å². The number of rotatable bonds is 8. The molecule has 0 unspecified atom stereocenters. The summed E-state index contributed by atoms with van der Waals surface area (Å²) < 4.78 is 4.66. The van der Waals surface area contributed by atoms with Crippen LogP contribution in [-0.4, -0.2) is 37.0 Å². The first-order valence-corrected chi connectivity index (χ1v) is 7.28. The minimum atomic E-state index is -0.822. The molecule has 0 fully saturated rings. The highest BCUT2D eigenvalue weighted by molar-refractivity contribution is 5.90. The number of amides is 2. The van der Waals surface area contributed by atoms with E-state index in [1.165, 1.54) is 20.1 Å². The maximum absolute atomic E-state index is 12.4. The van der Waals surface area contributed by atoms with Crippen molar-refractivity contribution in [3.05, 3.63) is 48.6 Å². The molecular formula is C17H22N2O4. The molecule has 0 aliphatic heterocycles. The average Bonchev–Trinajstić information content (AvgIpc) is 2.53. The number of carbonyl (C=O) groups is 3. The van der Waals surface area contributed by atoms with Crippen molar-refractivity contribution in [1.82, 2.24) is 10.6 Å². The molecule has 23 heavy (non-hydrogen) atoms. The van der Waals surface area contributed by atoms with E-state index in [2.05, 4.69) is 21.9 Å². The van der Waals surface area contributed by atoms with Crippen molar-refractivity contribution >= 4 is 17.8 Å². The molecule has 1 rings (SSSR count). The van der Waals surface area contributed by atoms with Crippen LogP contribution in [0.25, 0.3) is 0 Å². The molecule has 0 bridgehead atoms. The van der Waals surface area contributed by atoms with Gasteiger partial charge >= 0.3 is 5.97 Å². The molecule has 1 aromatic rings. The summed E-state index contributed by atoms with van der Waals surface area (Å²) in [6.07, 6.45) is 2.09. The molecule has 2 N–H and O–H groups in total. The van der Waals surface area contributed by atoms with Gasteiger partial charge in [-0.15, -0.1) is 6.58 Å². The number of nitrogens with one attached hydrogen (secondary N) is 2. The maximum Gasteiger partial charge on any atom is 0.328 e. The van der Waals surface area contributed by atoms with Crippen LogP contribution in [0.3, 0.4) is 0 Å². The lowest BCUT2D eigenvalue weighted by molar-refractivity contribution is -0.145. The molecule has 124 valence electrons. The molecule has 0 radical (unpaired) electrons. The molecule has 1 aromatic carbocycles. The van der Waals surface area contributed by atoms with Gasteiger partial charge in [-0.05, 0) is 12.0 Å². The Morgan fingerprint density at radius 3 is 2.35 bits per heavy atom. The molecule has 0 aromatic heterocycles. The zero-order valence-electron chi connectivity index (χ0n) is 13.4. The molecule has 0 spiro atoms. The molecule has 0 saturated heterocycles. The van der Waals surface area contributed by atoms with E-state index in [0.717, 1.165) is 5.56 Å². The summed E-state index contributed by atoms with van der Waals surface area (Å²) >= 11 is 0. The largest absolute Gasteiger partial charge is 0.467 e. The summed E-state index contributed by atoms with van der Waals surface area (Å²) in [4.78, 5) is 35.4. The second-order valence-electron chi connectivity index (χ2n) is 5.05. The average molecular weight is 318 g/mol. The molecule has 0 aliphatic carbocycles. The first kappa shape index (κ1) is 18.4. The third-order valence-corrected chi connectivity index (χ3v) is 3.18. The minimum Gasteiger partial charge on any atom is -0.467 e. The van der Waals surface area contributed by atoms with E-state index in [4.69, 9.17) is 0 Å². The fourth-order valence-electron chi connectivity index (χ4n) is 2.10. The van der Waals surface area contributed by atoms with Gasteiger partial charge in [0.1, 0.15) is 12.1 Å². The van der Waals surface area contributed by atoms with Gasteiger partial charge in [0.05, 0.1) is 7.11 Å². The summed E-state index contributed by atoms with van der Waals surface area (Å²) in [5.41, 5.74) is 0.903. The molecule has 0 saturated carbocycles. The van der Waals surface area contributed by atoms with Crippen LogP contribution in [0.2, 0.25) is 0 Å². The lowest BCUT2D eigenvalue weighted by atomic mass is 10.0. The van der Waals surface area contributed by atoms with Crippen molar-refractivity contribution in [1.29, 1.82) is 0 Å². The highest BCUT2D eigenvalue weighted by Crippen LogP contribution is 2.05. The Morgan fingerprint density at radius 2 is 1.83 bits per heavy atom. The first-order chi connectivity index (χ1) is 11.0. The Labute approximate surface area is 135 Å². The quantitative estimate of drug-likeness (QED) is 0.552. The SMILES string of the molecule is C=CC[C@H](NC(=O)[C@H](Cc1ccccc1)NC(C)=O)C(=O)OC. The zero-order valence-corrected chi connectivity index (χ0v) is 13.4. The number of hydrogen-bond donors (Lipinski definition) is 2. The fourth-order valence-corrected chi connectivity index (χ4v) is 2.10. The van der Waals surface area contributed by atoms with Crippen molar-refractivity contribution < 1.29 is 19.1 Å². The summed E-state index contributed by atoms with van der Waals surface area (Å²) in [6, 6.07) is 7.71. The van der Waals surface area contributed by atoms with Crippen LogP contribution < -0.4 is 10.6 Å². The van der Waals surface area contributed by atoms with Gasteiger partial charge in [0.2, 0.25) is 11.8 Å². The van der Waals surface area contributed by atoms with Crippen molar-refractivity contribution in [2.75, 3.05) is 7.11 Å². The Kier molecular flexibility index (Phi) is 7.53. The number of carbonyl (C=O) groups excluding carboxylic acids is 3. The van der Waals surface area contributed by atoms with Crippen LogP contribution in [0.15, 0.2) is 43.0 Å². The monoisotopic (exact) mass is 318 g/mol. The van der Waals surface area contributed by atoms with Gasteiger partial charge in [0.15, 0.2) is 0 Å². The van der Waals surface area contributed by atoms with E-state index in [0.29, 0.717) is 6.42 Å². The number of benzene rings is 1. The Bertz CT molecular complexity index is 557. The minimum absolute atomic E-state index is 0.247. The van der Waals surface area contributed by atoms with Crippen molar-refractivity contribution in [2.24, 2.45) is 0 Å². The lowest BCUT2D eigenvalue weighted by Crippen LogP contribution is -2.52. The Balaban J connectivity index is 2.83. The highest BCUT2D eigenvalue weighted by atomic mass is 16.5. The van der Waals surface area contributed by atoms with E-state index in [-0.39, 0.29) is 12.3 Å². The van der Waals surface area contributed by atoms with E-state index in [1.54, 1.807) is 0 Å². The number of hydrogen-bond acceptors (Lipinski definition) is 4. The first-order valence-electron chi connectivity index (χ1n) is 7.28. The van der Waals surface area contributed by atoms with Gasteiger partial charge in [-0.2, -0.15) is 0 Å². The summed E-state index contributed by atoms with van der Waals surface area (Å²) in [6.45, 7) is 4.90. The molecule has 0 aliphatic rings. The maximum atomic E-state index is 12.4. The van der Waals surface area contributed by atoms with E-state index in [1.807, 2.05) is 30.3 Å². The molecular weight excluding hydrogens is 296 g/mol. The smallest absolute Gasteiger partial charge is 0.328 e. The topological polar surface area (TPSA) is 84.5 Å².